The van der Waals surface area contributed by atoms with Crippen molar-refractivity contribution < 1.29 is 0 Å². The molecule has 0 unspecified atom stereocenters. The molecule has 0 spiro atoms. The maximum absolute atomic E-state index is 4.07. The molecular weight excluding hydrogens is 188 g/mol. The third-order valence-corrected chi connectivity index (χ3v) is 2.55. The summed E-state index contributed by atoms with van der Waals surface area (Å²) in [6, 6.07) is 0. The first-order chi connectivity index (χ1) is 7.45. The van der Waals surface area contributed by atoms with Crippen molar-refractivity contribution in [3.63, 3.8) is 0 Å². The van der Waals surface area contributed by atoms with Gasteiger partial charge < -0.3 is 0 Å². The maximum Gasteiger partial charge on any atom is 0.183 e. The number of nitrogens with zero attached hydrogens (tertiary/aromatic N) is 4. The Bertz CT molecular complexity index is 458. The molecule has 0 atom stereocenters. The molecule has 0 aliphatic heterocycles. The molecule has 0 aromatic carbocycles. The molecule has 0 fully saturated rings. The minimum atomic E-state index is 0.856. The van der Waals surface area contributed by atoms with Crippen LogP contribution in [-0.4, -0.2) is 20.2 Å². The molecule has 0 radical (unpaired) electrons. The van der Waals surface area contributed by atoms with Crippen molar-refractivity contribution in [3.8, 4) is 0 Å². The molecule has 74 valence electrons. The number of allylic oxidation sites excluding steroid dienone is 8. The number of rotatable bonds is 2. The van der Waals surface area contributed by atoms with Crippen LogP contribution in [0.3, 0.4) is 0 Å². The monoisotopic (exact) mass is 198 g/mol. The van der Waals surface area contributed by atoms with E-state index in [1.165, 1.54) is 5.57 Å². The van der Waals surface area contributed by atoms with Gasteiger partial charge in [-0.25, -0.2) is 0 Å². The minimum absolute atomic E-state index is 0.856. The minimum Gasteiger partial charge on any atom is -0.197 e. The van der Waals surface area contributed by atoms with Crippen LogP contribution in [0.25, 0.3) is 11.3 Å². The smallest absolute Gasteiger partial charge is 0.183 e. The Balaban J connectivity index is 1.99. The van der Waals surface area contributed by atoms with Crippen LogP contribution in [0.4, 0.5) is 0 Å². The van der Waals surface area contributed by atoms with Gasteiger partial charge in [0, 0.05) is 12.0 Å². The van der Waals surface area contributed by atoms with Gasteiger partial charge in [-0.05, 0) is 22.9 Å². The fourth-order valence-corrected chi connectivity index (χ4v) is 1.79. The lowest BCUT2D eigenvalue weighted by atomic mass is 10.2. The van der Waals surface area contributed by atoms with Crippen LogP contribution in [0.2, 0.25) is 0 Å². The molecule has 4 nitrogen and oxygen atoms in total. The summed E-state index contributed by atoms with van der Waals surface area (Å²) in [4.78, 5) is 0. The van der Waals surface area contributed by atoms with Gasteiger partial charge in [0.25, 0.3) is 0 Å². The van der Waals surface area contributed by atoms with Gasteiger partial charge in [-0.2, -0.15) is 4.68 Å². The molecule has 0 bridgehead atoms. The first-order valence-corrected chi connectivity index (χ1v) is 4.96. The summed E-state index contributed by atoms with van der Waals surface area (Å²) in [6.45, 7) is 0. The largest absolute Gasteiger partial charge is 0.197 e. The van der Waals surface area contributed by atoms with Gasteiger partial charge in [-0.15, -0.1) is 5.10 Å². The quantitative estimate of drug-likeness (QED) is 0.728. The fraction of sp³-hybridized carbons (Fsp3) is 0.182. The van der Waals surface area contributed by atoms with Crippen LogP contribution in [-0.2, 0) is 0 Å². The lowest BCUT2D eigenvalue weighted by Crippen LogP contribution is -2.02. The standard InChI is InChI=1S/C11H10N4/c1-2-6-9(5-1)11-12-13-14-15(11)10-7-3-4-8-10/h1-5,7H,6,8H2. The second-order valence-electron chi connectivity index (χ2n) is 3.53. The summed E-state index contributed by atoms with van der Waals surface area (Å²) in [5.74, 6) is 0.856. The predicted octanol–water partition coefficient (Wildman–Crippen LogP) is 1.82. The Hall–Kier alpha value is -1.97. The van der Waals surface area contributed by atoms with Gasteiger partial charge in [-0.1, -0.05) is 30.4 Å². The molecule has 1 aromatic rings. The lowest BCUT2D eigenvalue weighted by molar-refractivity contribution is 0.789. The first kappa shape index (κ1) is 8.35. The SMILES string of the molecule is C1=CCC(c2nnnn2C2=CC=CC2)=C1. The number of hydrogen-bond donors (Lipinski definition) is 0. The molecule has 2 aliphatic carbocycles. The van der Waals surface area contributed by atoms with E-state index < -0.39 is 0 Å². The zero-order valence-corrected chi connectivity index (χ0v) is 8.17. The number of aromatic nitrogens is 4. The summed E-state index contributed by atoms with van der Waals surface area (Å²) >= 11 is 0. The maximum atomic E-state index is 4.07. The summed E-state index contributed by atoms with van der Waals surface area (Å²) in [5, 5.41) is 11.8. The van der Waals surface area contributed by atoms with Crippen molar-refractivity contribution in [1.29, 1.82) is 0 Å². The molecule has 2 aliphatic rings. The van der Waals surface area contributed by atoms with Crippen LogP contribution in [0, 0.1) is 0 Å². The first-order valence-electron chi connectivity index (χ1n) is 4.96. The molecule has 1 aromatic heterocycles. The van der Waals surface area contributed by atoms with E-state index in [0.717, 1.165) is 24.4 Å². The Morgan fingerprint density at radius 2 is 1.93 bits per heavy atom. The van der Waals surface area contributed by atoms with E-state index in [2.05, 4.69) is 33.8 Å². The van der Waals surface area contributed by atoms with Crippen LogP contribution in [0.1, 0.15) is 18.7 Å². The van der Waals surface area contributed by atoms with E-state index in [9.17, 15) is 0 Å². The molecule has 0 saturated heterocycles. The molecule has 4 heteroatoms. The zero-order valence-electron chi connectivity index (χ0n) is 8.17. The van der Waals surface area contributed by atoms with Gasteiger partial charge in [0.2, 0.25) is 0 Å². The van der Waals surface area contributed by atoms with Crippen LogP contribution in [0.5, 0.6) is 0 Å². The van der Waals surface area contributed by atoms with Crippen molar-refractivity contribution in [2.24, 2.45) is 0 Å². The molecule has 0 saturated carbocycles. The Morgan fingerprint density at radius 3 is 2.67 bits per heavy atom. The summed E-state index contributed by atoms with van der Waals surface area (Å²) in [6.07, 6.45) is 14.2. The zero-order chi connectivity index (χ0) is 10.1. The third kappa shape index (κ3) is 1.34. The van der Waals surface area contributed by atoms with Gasteiger partial charge in [0.05, 0.1) is 5.70 Å². The van der Waals surface area contributed by atoms with Gasteiger partial charge in [-0.3, -0.25) is 0 Å². The van der Waals surface area contributed by atoms with Gasteiger partial charge >= 0.3 is 0 Å². The molecule has 0 amide bonds. The van der Waals surface area contributed by atoms with Crippen LogP contribution >= 0.6 is 0 Å². The Kier molecular flexibility index (Phi) is 1.84. The van der Waals surface area contributed by atoms with Gasteiger partial charge in [0.15, 0.2) is 5.82 Å². The normalized spacial score (nSPS) is 18.4. The predicted molar refractivity (Wildman–Crippen MR) is 57.6 cm³/mol. The van der Waals surface area contributed by atoms with E-state index in [4.69, 9.17) is 0 Å². The van der Waals surface area contributed by atoms with Crippen molar-refractivity contribution >= 4 is 11.3 Å². The number of hydrogen-bond acceptors (Lipinski definition) is 3. The van der Waals surface area contributed by atoms with Gasteiger partial charge in [0.1, 0.15) is 0 Å². The molecule has 15 heavy (non-hydrogen) atoms. The van der Waals surface area contributed by atoms with E-state index in [1.54, 1.807) is 0 Å². The van der Waals surface area contributed by atoms with E-state index >= 15 is 0 Å². The van der Waals surface area contributed by atoms with E-state index in [0.29, 0.717) is 0 Å². The fourth-order valence-electron chi connectivity index (χ4n) is 1.79. The Morgan fingerprint density at radius 1 is 1.07 bits per heavy atom. The second-order valence-corrected chi connectivity index (χ2v) is 3.53. The summed E-state index contributed by atoms with van der Waals surface area (Å²) in [7, 11) is 0. The number of tetrazole rings is 1. The Labute approximate surface area is 87.3 Å². The highest BCUT2D eigenvalue weighted by atomic mass is 15.5. The van der Waals surface area contributed by atoms with E-state index in [-0.39, 0.29) is 0 Å². The van der Waals surface area contributed by atoms with Crippen molar-refractivity contribution in [2.45, 2.75) is 12.8 Å². The highest BCUT2D eigenvalue weighted by Crippen LogP contribution is 2.24. The molecule has 1 heterocycles. The van der Waals surface area contributed by atoms with Crippen molar-refractivity contribution in [1.82, 2.24) is 20.2 Å². The van der Waals surface area contributed by atoms with Crippen molar-refractivity contribution in [2.75, 3.05) is 0 Å². The highest BCUT2D eigenvalue weighted by Gasteiger charge is 2.15. The average molecular weight is 198 g/mol. The lowest BCUT2D eigenvalue weighted by Gasteiger charge is -2.04. The third-order valence-electron chi connectivity index (χ3n) is 2.55. The summed E-state index contributed by atoms with van der Waals surface area (Å²) in [5.41, 5.74) is 2.30. The topological polar surface area (TPSA) is 43.6 Å². The molecule has 0 N–H and O–H groups in total. The highest BCUT2D eigenvalue weighted by molar-refractivity contribution is 5.69. The molecule has 3 rings (SSSR count). The van der Waals surface area contributed by atoms with Crippen LogP contribution in [0.15, 0.2) is 36.5 Å². The van der Waals surface area contributed by atoms with E-state index in [1.807, 2.05) is 22.9 Å². The second kappa shape index (κ2) is 3.31. The van der Waals surface area contributed by atoms with Crippen LogP contribution < -0.4 is 0 Å². The molecular formula is C11H10N4. The average Bonchev–Trinajstić information content (AvgIpc) is 3.01. The summed E-state index contributed by atoms with van der Waals surface area (Å²) < 4.78 is 1.82. The van der Waals surface area contributed by atoms with Crippen molar-refractivity contribution in [3.05, 3.63) is 42.3 Å².